The average molecular weight is 945 g/mol. The lowest BCUT2D eigenvalue weighted by molar-refractivity contribution is 0.403. The minimum atomic E-state index is -0.236. The molecule has 0 saturated carbocycles. The summed E-state index contributed by atoms with van der Waals surface area (Å²) in [7, 11) is 0. The Bertz CT molecular complexity index is 3860. The summed E-state index contributed by atoms with van der Waals surface area (Å²) in [6.45, 7) is 19.1. The zero-order chi connectivity index (χ0) is 49.5. The van der Waals surface area contributed by atoms with Crippen LogP contribution in [0.4, 0.5) is 0 Å². The predicted molar refractivity (Wildman–Crippen MR) is 305 cm³/mol. The fraction of sp³-hybridized carbons (Fsp3) is 0.206. The third-order valence-electron chi connectivity index (χ3n) is 17.6. The van der Waals surface area contributed by atoms with Crippen molar-refractivity contribution in [2.75, 3.05) is 0 Å². The molecule has 0 spiro atoms. The molecule has 11 aromatic rings. The van der Waals surface area contributed by atoms with Crippen molar-refractivity contribution in [1.29, 1.82) is 0 Å². The highest BCUT2D eigenvalue weighted by Crippen LogP contribution is 2.57. The predicted octanol–water partition coefficient (Wildman–Crippen LogP) is 15.9. The van der Waals surface area contributed by atoms with Gasteiger partial charge in [0.1, 0.15) is 11.5 Å². The van der Waals surface area contributed by atoms with Gasteiger partial charge in [-0.2, -0.15) is 0 Å². The van der Waals surface area contributed by atoms with Crippen LogP contribution in [0.2, 0.25) is 0 Å². The lowest BCUT2D eigenvalue weighted by Gasteiger charge is -2.37. The molecule has 73 heavy (non-hydrogen) atoms. The second-order valence-corrected chi connectivity index (χ2v) is 24.2. The average Bonchev–Trinajstić information content (AvgIpc) is 4.03. The van der Waals surface area contributed by atoms with Gasteiger partial charge >= 0.3 is 0 Å². The van der Waals surface area contributed by atoms with E-state index in [4.69, 9.17) is 9.47 Å². The zero-order valence-electron chi connectivity index (χ0n) is 42.9. The molecule has 5 heteroatoms. The summed E-state index contributed by atoms with van der Waals surface area (Å²) in [5, 5.41) is 4.80. The molecule has 4 nitrogen and oxygen atoms in total. The van der Waals surface area contributed by atoms with Gasteiger partial charge in [0.2, 0.25) is 0 Å². The van der Waals surface area contributed by atoms with E-state index >= 15 is 0 Å². The van der Waals surface area contributed by atoms with Gasteiger partial charge in [-0.1, -0.05) is 201 Å². The third-order valence-corrected chi connectivity index (χ3v) is 17.6. The first-order valence-electron chi connectivity index (χ1n) is 26.3. The van der Waals surface area contributed by atoms with Crippen molar-refractivity contribution in [3.05, 3.63) is 198 Å². The van der Waals surface area contributed by atoms with Gasteiger partial charge < -0.3 is 18.6 Å². The lowest BCUT2D eigenvalue weighted by atomic mass is 9.34. The number of fused-ring (bicyclic) bond motifs is 12. The maximum Gasteiger partial charge on any atom is 0.260 e. The summed E-state index contributed by atoms with van der Waals surface area (Å²) in [5.74, 6) is 3.46. The van der Waals surface area contributed by atoms with Crippen molar-refractivity contribution in [1.82, 2.24) is 9.13 Å². The standard InChI is InChI=1S/C68H57BN2O2/c1-65(2)38-67(5,6)58-44(25-17-29-48(58)65)46-27-19-31-50-61(46)72-63-56(70-52-33-13-9-21-40(52)41-22-10-14-34-53(41)70)37-57(71-54-35-15-11-23-42(54)43-24-12-16-36-55(43)71)64-60(63)69(50)51-32-20-28-47(62(51)73-64)45-26-18-30-49-59(45)68(7,8)39-66(49,3)4/h9-37H,38-39H2,1-8H3. The molecule has 0 amide bonds. The molecule has 0 N–H and O–H groups in total. The number of benzene rings is 9. The number of para-hydroxylation sites is 6. The molecule has 4 aliphatic rings. The maximum atomic E-state index is 7.92. The Kier molecular flexibility index (Phi) is 8.50. The van der Waals surface area contributed by atoms with Crippen LogP contribution in [0.15, 0.2) is 176 Å². The van der Waals surface area contributed by atoms with Crippen molar-refractivity contribution < 1.29 is 9.47 Å². The fourth-order valence-corrected chi connectivity index (χ4v) is 15.4. The monoisotopic (exact) mass is 944 g/mol. The summed E-state index contributed by atoms with van der Waals surface area (Å²) in [4.78, 5) is 0. The van der Waals surface area contributed by atoms with Crippen LogP contribution in [0.5, 0.6) is 23.0 Å². The summed E-state index contributed by atoms with van der Waals surface area (Å²) in [6, 6.07) is 65.5. The number of hydrogen-bond donors (Lipinski definition) is 0. The van der Waals surface area contributed by atoms with Crippen LogP contribution in [0.1, 0.15) is 90.5 Å². The Labute approximate surface area is 427 Å². The second-order valence-electron chi connectivity index (χ2n) is 24.2. The summed E-state index contributed by atoms with van der Waals surface area (Å²) >= 11 is 0. The van der Waals surface area contributed by atoms with Gasteiger partial charge in [0.15, 0.2) is 11.5 Å². The number of aromatic nitrogens is 2. The van der Waals surface area contributed by atoms with Gasteiger partial charge in [0.05, 0.1) is 33.4 Å². The molecule has 0 radical (unpaired) electrons. The Balaban J connectivity index is 1.11. The molecule has 0 saturated heterocycles. The van der Waals surface area contributed by atoms with E-state index in [-0.39, 0.29) is 28.4 Å². The Hall–Kier alpha value is -7.76. The topological polar surface area (TPSA) is 28.3 Å². The van der Waals surface area contributed by atoms with Crippen LogP contribution in [-0.2, 0) is 21.7 Å². The van der Waals surface area contributed by atoms with E-state index in [1.54, 1.807) is 0 Å². The molecule has 2 aliphatic heterocycles. The van der Waals surface area contributed by atoms with Crippen molar-refractivity contribution in [3.8, 4) is 56.6 Å². The highest BCUT2D eigenvalue weighted by molar-refractivity contribution is 6.98. The minimum absolute atomic E-state index is 0.0381. The molecule has 0 bridgehead atoms. The fourth-order valence-electron chi connectivity index (χ4n) is 15.4. The van der Waals surface area contributed by atoms with E-state index in [9.17, 15) is 0 Å². The molecule has 2 aromatic heterocycles. The van der Waals surface area contributed by atoms with Gasteiger partial charge in [-0.15, -0.1) is 0 Å². The molecule has 2 aliphatic carbocycles. The summed E-state index contributed by atoms with van der Waals surface area (Å²) in [5.41, 5.74) is 20.2. The van der Waals surface area contributed by atoms with Crippen LogP contribution in [0.25, 0.3) is 77.2 Å². The van der Waals surface area contributed by atoms with Crippen LogP contribution in [0, 0.1) is 0 Å². The van der Waals surface area contributed by atoms with Gasteiger partial charge in [-0.05, 0) is 109 Å². The zero-order valence-corrected chi connectivity index (χ0v) is 42.9. The highest BCUT2D eigenvalue weighted by atomic mass is 16.5. The van der Waals surface area contributed by atoms with Gasteiger partial charge in [-0.25, -0.2) is 0 Å². The van der Waals surface area contributed by atoms with Crippen LogP contribution in [0.3, 0.4) is 0 Å². The normalized spacial score (nSPS) is 17.0. The number of ether oxygens (including phenoxy) is 2. The summed E-state index contributed by atoms with van der Waals surface area (Å²) < 4.78 is 20.8. The van der Waals surface area contributed by atoms with E-state index in [0.717, 1.165) is 96.8 Å². The van der Waals surface area contributed by atoms with E-state index in [1.807, 2.05) is 0 Å². The molecular formula is C68H57BN2O2. The van der Waals surface area contributed by atoms with E-state index in [0.29, 0.717) is 0 Å². The molecule has 4 heterocycles. The smallest absolute Gasteiger partial charge is 0.260 e. The second kappa shape index (κ2) is 14.5. The van der Waals surface area contributed by atoms with Crippen LogP contribution in [-0.4, -0.2) is 15.8 Å². The van der Waals surface area contributed by atoms with E-state index < -0.39 is 0 Å². The van der Waals surface area contributed by atoms with Crippen molar-refractivity contribution >= 4 is 66.7 Å². The molecule has 0 fully saturated rings. The Morgan fingerprint density at radius 3 is 1.08 bits per heavy atom. The Morgan fingerprint density at radius 2 is 0.699 bits per heavy atom. The molecule has 0 unspecified atom stereocenters. The molecular weight excluding hydrogens is 888 g/mol. The van der Waals surface area contributed by atoms with Crippen LogP contribution >= 0.6 is 0 Å². The summed E-state index contributed by atoms with van der Waals surface area (Å²) in [6.07, 6.45) is 2.15. The van der Waals surface area contributed by atoms with Crippen molar-refractivity contribution in [3.63, 3.8) is 0 Å². The molecule has 15 rings (SSSR count). The lowest BCUT2D eigenvalue weighted by Crippen LogP contribution is -2.58. The molecule has 0 atom stereocenters. The first kappa shape index (κ1) is 42.9. The van der Waals surface area contributed by atoms with E-state index in [1.165, 1.54) is 54.9 Å². The molecule has 9 aromatic carbocycles. The largest absolute Gasteiger partial charge is 0.455 e. The van der Waals surface area contributed by atoms with Gasteiger partial charge in [0.25, 0.3) is 6.71 Å². The van der Waals surface area contributed by atoms with Gasteiger partial charge in [-0.3, -0.25) is 0 Å². The van der Waals surface area contributed by atoms with Gasteiger partial charge in [0, 0.05) is 38.1 Å². The Morgan fingerprint density at radius 1 is 0.356 bits per heavy atom. The number of nitrogens with zero attached hydrogens (tertiary/aromatic N) is 2. The quantitative estimate of drug-likeness (QED) is 0.165. The molecule has 354 valence electrons. The first-order valence-corrected chi connectivity index (χ1v) is 26.3. The van der Waals surface area contributed by atoms with Crippen LogP contribution < -0.4 is 25.9 Å². The van der Waals surface area contributed by atoms with Crippen molar-refractivity contribution in [2.24, 2.45) is 0 Å². The highest BCUT2D eigenvalue weighted by Gasteiger charge is 2.49. The number of hydrogen-bond acceptors (Lipinski definition) is 2. The third kappa shape index (κ3) is 5.74. The number of rotatable bonds is 4. The first-order chi connectivity index (χ1) is 35.2. The van der Waals surface area contributed by atoms with E-state index in [2.05, 4.69) is 240 Å². The van der Waals surface area contributed by atoms with Crippen molar-refractivity contribution in [2.45, 2.75) is 89.9 Å². The SMILES string of the molecule is CC1(C)CC(C)(C)c2c(-c3cccc4c3Oc3c(-n5c6ccccc6c6ccccc65)cc(-n5c6ccccc6c6ccccc65)c5c3B4c3cccc(-c4cccc6c4C(C)(C)CC6(C)C)c3O5)cccc21. The maximum absolute atomic E-state index is 7.92. The minimum Gasteiger partial charge on any atom is -0.455 e.